The zero-order valence-electron chi connectivity index (χ0n) is 19.6. The Morgan fingerprint density at radius 1 is 1.23 bits per heavy atom. The number of hydrogen-bond donors (Lipinski definition) is 1. The highest BCUT2D eigenvalue weighted by Crippen LogP contribution is 2.26. The Morgan fingerprint density at radius 3 is 2.74 bits per heavy atom. The third-order valence-corrected chi connectivity index (χ3v) is 6.10. The number of benzene rings is 2. The van der Waals surface area contributed by atoms with E-state index in [1.54, 1.807) is 26.2 Å². The van der Waals surface area contributed by atoms with Crippen LogP contribution in [0.1, 0.15) is 36.0 Å². The first-order chi connectivity index (χ1) is 17.0. The summed E-state index contributed by atoms with van der Waals surface area (Å²) in [4.78, 5) is 31.4. The van der Waals surface area contributed by atoms with Crippen molar-refractivity contribution in [3.63, 3.8) is 0 Å². The lowest BCUT2D eigenvalue weighted by Crippen LogP contribution is -2.40. The monoisotopic (exact) mass is 498 g/mol. The molecule has 1 aromatic heterocycles. The molecule has 4 rings (SSSR count). The molecule has 184 valence electrons. The molecule has 2 heterocycles. The van der Waals surface area contributed by atoms with E-state index in [1.165, 1.54) is 6.07 Å². The van der Waals surface area contributed by atoms with Crippen molar-refractivity contribution in [2.45, 2.75) is 26.3 Å². The van der Waals surface area contributed by atoms with Gasteiger partial charge in [0.15, 0.2) is 0 Å². The average molecular weight is 499 g/mol. The van der Waals surface area contributed by atoms with Crippen molar-refractivity contribution in [1.82, 2.24) is 15.0 Å². The van der Waals surface area contributed by atoms with E-state index in [9.17, 15) is 9.59 Å². The van der Waals surface area contributed by atoms with Crippen molar-refractivity contribution >= 4 is 29.2 Å². The van der Waals surface area contributed by atoms with Crippen molar-refractivity contribution in [3.05, 3.63) is 58.9 Å². The fraction of sp³-hybridized carbons (Fsp3) is 0.360. The standard InChI is InChI=1S/C25H27ClN4O5/c1-3-34-25(32)17-8-11-21(20(26)13-17)27-24(31)18-5-4-12-30(14-18)15-22-28-23(29-35-22)16-6-9-19(33-2)10-7-16/h6-11,13,18H,3-5,12,14-15H2,1-2H3,(H,27,31). The molecule has 1 N–H and O–H groups in total. The van der Waals surface area contributed by atoms with Gasteiger partial charge in [0, 0.05) is 12.1 Å². The Hall–Kier alpha value is -3.43. The fourth-order valence-electron chi connectivity index (χ4n) is 3.97. The van der Waals surface area contributed by atoms with E-state index < -0.39 is 5.97 Å². The quantitative estimate of drug-likeness (QED) is 0.455. The number of carbonyl (C=O) groups is 2. The number of hydrogen-bond acceptors (Lipinski definition) is 8. The van der Waals surface area contributed by atoms with Gasteiger partial charge in [0.1, 0.15) is 5.75 Å². The molecule has 1 aliphatic rings. The summed E-state index contributed by atoms with van der Waals surface area (Å²) in [6, 6.07) is 12.1. The number of anilines is 1. The third-order valence-electron chi connectivity index (χ3n) is 5.79. The molecule has 1 unspecified atom stereocenters. The molecule has 3 aromatic rings. The number of ether oxygens (including phenoxy) is 2. The molecule has 1 aliphatic heterocycles. The predicted octanol–water partition coefficient (Wildman–Crippen LogP) is 4.43. The molecule has 2 aromatic carbocycles. The Balaban J connectivity index is 1.35. The summed E-state index contributed by atoms with van der Waals surface area (Å²) in [5, 5.41) is 7.25. The Bertz CT molecular complexity index is 1180. The van der Waals surface area contributed by atoms with Gasteiger partial charge < -0.3 is 19.3 Å². The highest BCUT2D eigenvalue weighted by Gasteiger charge is 2.27. The summed E-state index contributed by atoms with van der Waals surface area (Å²) in [7, 11) is 1.62. The Morgan fingerprint density at radius 2 is 2.03 bits per heavy atom. The van der Waals surface area contributed by atoms with Gasteiger partial charge in [0.05, 0.1) is 42.5 Å². The van der Waals surface area contributed by atoms with Crippen LogP contribution in [0, 0.1) is 5.92 Å². The van der Waals surface area contributed by atoms with Crippen LogP contribution in [-0.4, -0.2) is 53.7 Å². The van der Waals surface area contributed by atoms with Crippen LogP contribution < -0.4 is 10.1 Å². The second-order valence-corrected chi connectivity index (χ2v) is 8.63. The number of rotatable bonds is 8. The number of halogens is 1. The zero-order chi connectivity index (χ0) is 24.8. The first-order valence-electron chi connectivity index (χ1n) is 11.4. The lowest BCUT2D eigenvalue weighted by Gasteiger charge is -2.30. The largest absolute Gasteiger partial charge is 0.497 e. The molecule has 1 fully saturated rings. The van der Waals surface area contributed by atoms with Gasteiger partial charge in [-0.2, -0.15) is 4.98 Å². The topological polar surface area (TPSA) is 107 Å². The number of nitrogens with zero attached hydrogens (tertiary/aromatic N) is 3. The molecule has 1 saturated heterocycles. The van der Waals surface area contributed by atoms with Gasteiger partial charge in [-0.05, 0) is 68.8 Å². The summed E-state index contributed by atoms with van der Waals surface area (Å²) >= 11 is 6.29. The van der Waals surface area contributed by atoms with E-state index in [0.29, 0.717) is 36.1 Å². The van der Waals surface area contributed by atoms with E-state index in [4.69, 9.17) is 25.6 Å². The molecule has 1 atom stereocenters. The number of piperidine rings is 1. The molecule has 0 spiro atoms. The van der Waals surface area contributed by atoms with E-state index in [-0.39, 0.29) is 23.5 Å². The molecule has 1 amide bonds. The molecule has 0 bridgehead atoms. The number of amides is 1. The summed E-state index contributed by atoms with van der Waals surface area (Å²) < 4.78 is 15.6. The van der Waals surface area contributed by atoms with Crippen LogP contribution in [-0.2, 0) is 16.1 Å². The molecule has 0 radical (unpaired) electrons. The lowest BCUT2D eigenvalue weighted by atomic mass is 9.97. The van der Waals surface area contributed by atoms with Crippen molar-refractivity contribution in [1.29, 1.82) is 0 Å². The number of nitrogens with one attached hydrogen (secondary N) is 1. The minimum Gasteiger partial charge on any atom is -0.497 e. The first-order valence-corrected chi connectivity index (χ1v) is 11.8. The van der Waals surface area contributed by atoms with E-state index in [2.05, 4.69) is 20.4 Å². The normalized spacial score (nSPS) is 16.0. The first kappa shape index (κ1) is 24.7. The average Bonchev–Trinajstić information content (AvgIpc) is 3.34. The minimum absolute atomic E-state index is 0.120. The van der Waals surface area contributed by atoms with Crippen LogP contribution >= 0.6 is 11.6 Å². The second-order valence-electron chi connectivity index (χ2n) is 8.22. The fourth-order valence-corrected chi connectivity index (χ4v) is 4.20. The molecule has 35 heavy (non-hydrogen) atoms. The van der Waals surface area contributed by atoms with Gasteiger partial charge in [0.25, 0.3) is 0 Å². The maximum atomic E-state index is 12.9. The van der Waals surface area contributed by atoms with Crippen molar-refractivity contribution in [2.75, 3.05) is 32.1 Å². The van der Waals surface area contributed by atoms with Gasteiger partial charge in [-0.15, -0.1) is 0 Å². The second kappa shape index (κ2) is 11.3. The number of aromatic nitrogens is 2. The molecule has 9 nitrogen and oxygen atoms in total. The van der Waals surface area contributed by atoms with Crippen molar-refractivity contribution in [3.8, 4) is 17.1 Å². The maximum Gasteiger partial charge on any atom is 0.338 e. The summed E-state index contributed by atoms with van der Waals surface area (Å²) in [6.07, 6.45) is 1.63. The minimum atomic E-state index is -0.452. The number of esters is 1. The van der Waals surface area contributed by atoms with Crippen LogP contribution in [0.25, 0.3) is 11.4 Å². The van der Waals surface area contributed by atoms with E-state index >= 15 is 0 Å². The Labute approximate surface area is 208 Å². The third kappa shape index (κ3) is 6.17. The maximum absolute atomic E-state index is 12.9. The number of likely N-dealkylation sites (tertiary alicyclic amines) is 1. The van der Waals surface area contributed by atoms with Gasteiger partial charge in [-0.1, -0.05) is 16.8 Å². The van der Waals surface area contributed by atoms with Gasteiger partial charge >= 0.3 is 5.97 Å². The van der Waals surface area contributed by atoms with Crippen LogP contribution in [0.5, 0.6) is 5.75 Å². The van der Waals surface area contributed by atoms with E-state index in [1.807, 2.05) is 24.3 Å². The molecular weight excluding hydrogens is 472 g/mol. The van der Waals surface area contributed by atoms with Gasteiger partial charge in [-0.25, -0.2) is 4.79 Å². The molecule has 10 heteroatoms. The zero-order valence-corrected chi connectivity index (χ0v) is 20.4. The van der Waals surface area contributed by atoms with Crippen LogP contribution in [0.2, 0.25) is 5.02 Å². The molecule has 0 aliphatic carbocycles. The molecule has 0 saturated carbocycles. The van der Waals surface area contributed by atoms with Gasteiger partial charge in [0.2, 0.25) is 17.6 Å². The van der Waals surface area contributed by atoms with Gasteiger partial charge in [-0.3, -0.25) is 9.69 Å². The highest BCUT2D eigenvalue weighted by molar-refractivity contribution is 6.34. The highest BCUT2D eigenvalue weighted by atomic mass is 35.5. The number of methoxy groups -OCH3 is 1. The predicted molar refractivity (Wildman–Crippen MR) is 130 cm³/mol. The Kier molecular flexibility index (Phi) is 7.99. The van der Waals surface area contributed by atoms with Crippen LogP contribution in [0.4, 0.5) is 5.69 Å². The molecular formula is C25H27ClN4O5. The lowest BCUT2D eigenvalue weighted by molar-refractivity contribution is -0.121. The van der Waals surface area contributed by atoms with Crippen molar-refractivity contribution in [2.24, 2.45) is 5.92 Å². The summed E-state index contributed by atoms with van der Waals surface area (Å²) in [5.41, 5.74) is 1.64. The SMILES string of the molecule is CCOC(=O)c1ccc(NC(=O)C2CCCN(Cc3nc(-c4ccc(OC)cc4)no3)C2)c(Cl)c1. The van der Waals surface area contributed by atoms with Crippen LogP contribution in [0.3, 0.4) is 0 Å². The number of carbonyl (C=O) groups excluding carboxylic acids is 2. The summed E-state index contributed by atoms with van der Waals surface area (Å²) in [6.45, 7) is 3.87. The van der Waals surface area contributed by atoms with Crippen molar-refractivity contribution < 1.29 is 23.6 Å². The van der Waals surface area contributed by atoms with E-state index in [0.717, 1.165) is 30.7 Å². The smallest absolute Gasteiger partial charge is 0.338 e. The van der Waals surface area contributed by atoms with Crippen LogP contribution in [0.15, 0.2) is 47.0 Å². The summed E-state index contributed by atoms with van der Waals surface area (Å²) in [5.74, 6) is 0.973.